The Morgan fingerprint density at radius 1 is 1.35 bits per heavy atom. The van der Waals surface area contributed by atoms with Gasteiger partial charge in [-0.3, -0.25) is 20.2 Å². The second-order valence-electron chi connectivity index (χ2n) is 4.91. The first kappa shape index (κ1) is 20.1. The lowest BCUT2D eigenvalue weighted by Gasteiger charge is -2.12. The van der Waals surface area contributed by atoms with Gasteiger partial charge in [0.15, 0.2) is 5.11 Å². The standard InChI is InChI=1S/C16H13BrClN3O4S/c1-2-25-14-6-3-9(7-11(14)17)15(22)20-16(26)19-13-5-4-10(21(23)24)8-12(13)18/h3-8H,2H2,1H3,(H2,19,20,22,26). The van der Waals surface area contributed by atoms with Crippen molar-refractivity contribution in [3.8, 4) is 5.75 Å². The number of nitrogens with zero attached hydrogens (tertiary/aromatic N) is 1. The molecule has 0 spiro atoms. The van der Waals surface area contributed by atoms with E-state index in [2.05, 4.69) is 26.6 Å². The molecule has 0 radical (unpaired) electrons. The van der Waals surface area contributed by atoms with E-state index in [0.29, 0.717) is 28.1 Å². The number of hydrogen-bond acceptors (Lipinski definition) is 5. The first-order valence-corrected chi connectivity index (χ1v) is 8.88. The van der Waals surface area contributed by atoms with Crippen molar-refractivity contribution in [1.29, 1.82) is 0 Å². The van der Waals surface area contributed by atoms with E-state index in [9.17, 15) is 14.9 Å². The predicted molar refractivity (Wildman–Crippen MR) is 107 cm³/mol. The van der Waals surface area contributed by atoms with Gasteiger partial charge in [-0.15, -0.1) is 0 Å². The summed E-state index contributed by atoms with van der Waals surface area (Å²) in [6, 6.07) is 8.77. The number of halogens is 2. The van der Waals surface area contributed by atoms with Gasteiger partial charge in [0.05, 0.1) is 26.7 Å². The van der Waals surface area contributed by atoms with Gasteiger partial charge in [0.1, 0.15) is 5.75 Å². The Bertz CT molecular complexity index is 879. The molecule has 26 heavy (non-hydrogen) atoms. The maximum atomic E-state index is 12.3. The Labute approximate surface area is 168 Å². The van der Waals surface area contributed by atoms with Crippen molar-refractivity contribution >= 4 is 62.1 Å². The van der Waals surface area contributed by atoms with E-state index >= 15 is 0 Å². The van der Waals surface area contributed by atoms with E-state index in [0.717, 1.165) is 0 Å². The molecule has 0 unspecified atom stereocenters. The number of anilines is 1. The Morgan fingerprint density at radius 3 is 2.65 bits per heavy atom. The molecule has 2 aromatic rings. The summed E-state index contributed by atoms with van der Waals surface area (Å²) in [7, 11) is 0. The number of ether oxygens (including phenoxy) is 1. The van der Waals surface area contributed by atoms with Crippen LogP contribution in [0.3, 0.4) is 0 Å². The van der Waals surface area contributed by atoms with Crippen molar-refractivity contribution in [2.45, 2.75) is 6.92 Å². The number of rotatable bonds is 5. The number of amides is 1. The molecule has 0 saturated carbocycles. The smallest absolute Gasteiger partial charge is 0.271 e. The second kappa shape index (κ2) is 8.93. The van der Waals surface area contributed by atoms with E-state index in [4.69, 9.17) is 28.6 Å². The summed E-state index contributed by atoms with van der Waals surface area (Å²) in [6.07, 6.45) is 0. The van der Waals surface area contributed by atoms with Crippen LogP contribution >= 0.6 is 39.7 Å². The molecular weight excluding hydrogens is 446 g/mol. The van der Waals surface area contributed by atoms with Gasteiger partial charge in [-0.2, -0.15) is 0 Å². The molecule has 1 amide bonds. The molecule has 0 aliphatic heterocycles. The zero-order chi connectivity index (χ0) is 19.3. The lowest BCUT2D eigenvalue weighted by molar-refractivity contribution is -0.384. The van der Waals surface area contributed by atoms with Crippen LogP contribution < -0.4 is 15.4 Å². The van der Waals surface area contributed by atoms with Gasteiger partial charge < -0.3 is 10.1 Å². The SMILES string of the molecule is CCOc1ccc(C(=O)NC(=S)Nc2ccc([N+](=O)[O-])cc2Cl)cc1Br. The summed E-state index contributed by atoms with van der Waals surface area (Å²) in [6.45, 7) is 2.37. The lowest BCUT2D eigenvalue weighted by atomic mass is 10.2. The van der Waals surface area contributed by atoms with Crippen LogP contribution in [0, 0.1) is 10.1 Å². The quantitative estimate of drug-likeness (QED) is 0.388. The Kier molecular flexibility index (Phi) is 6.90. The molecule has 10 heteroatoms. The number of hydrogen-bond donors (Lipinski definition) is 2. The molecule has 0 bridgehead atoms. The highest BCUT2D eigenvalue weighted by atomic mass is 79.9. The number of carbonyl (C=O) groups excluding carboxylic acids is 1. The van der Waals surface area contributed by atoms with Gasteiger partial charge in [-0.05, 0) is 59.3 Å². The maximum Gasteiger partial charge on any atom is 0.271 e. The molecule has 0 heterocycles. The van der Waals surface area contributed by atoms with E-state index in [1.165, 1.54) is 18.2 Å². The number of nitro benzene ring substituents is 1. The molecule has 2 aromatic carbocycles. The summed E-state index contributed by atoms with van der Waals surface area (Å²) in [5.74, 6) is 0.201. The number of thiocarbonyl (C=S) groups is 1. The molecule has 0 fully saturated rings. The number of nitrogens with one attached hydrogen (secondary N) is 2. The highest BCUT2D eigenvalue weighted by Gasteiger charge is 2.13. The number of carbonyl (C=O) groups is 1. The summed E-state index contributed by atoms with van der Waals surface area (Å²) in [5, 5.41) is 16.1. The van der Waals surface area contributed by atoms with Crippen LogP contribution in [0.4, 0.5) is 11.4 Å². The molecular formula is C16H13BrClN3O4S. The van der Waals surface area contributed by atoms with Crippen LogP contribution in [-0.2, 0) is 0 Å². The third-order valence-corrected chi connectivity index (χ3v) is 4.27. The van der Waals surface area contributed by atoms with Crippen LogP contribution in [0.2, 0.25) is 5.02 Å². The summed E-state index contributed by atoms with van der Waals surface area (Å²) in [4.78, 5) is 22.4. The minimum Gasteiger partial charge on any atom is -0.493 e. The minimum atomic E-state index is -0.556. The van der Waals surface area contributed by atoms with Crippen molar-refractivity contribution in [1.82, 2.24) is 5.32 Å². The summed E-state index contributed by atoms with van der Waals surface area (Å²) in [5.41, 5.74) is 0.574. The number of benzene rings is 2. The van der Waals surface area contributed by atoms with Crippen LogP contribution in [-0.4, -0.2) is 22.5 Å². The Balaban J connectivity index is 2.04. The fourth-order valence-corrected chi connectivity index (χ4v) is 2.88. The van der Waals surface area contributed by atoms with E-state index in [-0.39, 0.29) is 15.8 Å². The van der Waals surface area contributed by atoms with Crippen LogP contribution in [0.5, 0.6) is 5.75 Å². The van der Waals surface area contributed by atoms with Crippen molar-refractivity contribution in [3.63, 3.8) is 0 Å². The van der Waals surface area contributed by atoms with Gasteiger partial charge in [-0.1, -0.05) is 11.6 Å². The molecule has 7 nitrogen and oxygen atoms in total. The maximum absolute atomic E-state index is 12.3. The molecule has 0 saturated heterocycles. The normalized spacial score (nSPS) is 10.1. The topological polar surface area (TPSA) is 93.5 Å². The highest BCUT2D eigenvalue weighted by Crippen LogP contribution is 2.27. The average Bonchev–Trinajstić information content (AvgIpc) is 2.58. The van der Waals surface area contributed by atoms with Crippen LogP contribution in [0.15, 0.2) is 40.9 Å². The summed E-state index contributed by atoms with van der Waals surface area (Å²) < 4.78 is 6.03. The second-order valence-corrected chi connectivity index (χ2v) is 6.58. The summed E-state index contributed by atoms with van der Waals surface area (Å²) >= 11 is 14.4. The molecule has 0 aromatic heterocycles. The number of nitro groups is 1. The van der Waals surface area contributed by atoms with E-state index in [1.807, 2.05) is 6.92 Å². The van der Waals surface area contributed by atoms with Crippen molar-refractivity contribution in [2.24, 2.45) is 0 Å². The largest absolute Gasteiger partial charge is 0.493 e. The molecule has 2 N–H and O–H groups in total. The van der Waals surface area contributed by atoms with Gasteiger partial charge >= 0.3 is 0 Å². The fraction of sp³-hybridized carbons (Fsp3) is 0.125. The van der Waals surface area contributed by atoms with Crippen molar-refractivity contribution in [3.05, 3.63) is 61.6 Å². The molecule has 0 aliphatic rings. The number of non-ortho nitro benzene ring substituents is 1. The first-order chi connectivity index (χ1) is 12.3. The predicted octanol–water partition coefficient (Wildman–Crippen LogP) is 4.54. The molecule has 0 aliphatic carbocycles. The monoisotopic (exact) mass is 457 g/mol. The molecule has 0 atom stereocenters. The van der Waals surface area contributed by atoms with Gasteiger partial charge in [0.25, 0.3) is 11.6 Å². The van der Waals surface area contributed by atoms with Crippen molar-refractivity contribution < 1.29 is 14.5 Å². The Morgan fingerprint density at radius 2 is 2.08 bits per heavy atom. The average molecular weight is 459 g/mol. The minimum absolute atomic E-state index is 0.00996. The Hall–Kier alpha value is -2.23. The first-order valence-electron chi connectivity index (χ1n) is 7.30. The molecule has 136 valence electrons. The van der Waals surface area contributed by atoms with Gasteiger partial charge in [-0.25, -0.2) is 0 Å². The van der Waals surface area contributed by atoms with Gasteiger partial charge in [0.2, 0.25) is 0 Å². The van der Waals surface area contributed by atoms with Crippen LogP contribution in [0.1, 0.15) is 17.3 Å². The third-order valence-electron chi connectivity index (χ3n) is 3.13. The zero-order valence-electron chi connectivity index (χ0n) is 13.4. The molecule has 2 rings (SSSR count). The zero-order valence-corrected chi connectivity index (χ0v) is 16.6. The lowest BCUT2D eigenvalue weighted by Crippen LogP contribution is -2.34. The van der Waals surface area contributed by atoms with Gasteiger partial charge in [0, 0.05) is 17.7 Å². The van der Waals surface area contributed by atoms with Crippen molar-refractivity contribution in [2.75, 3.05) is 11.9 Å². The fourth-order valence-electron chi connectivity index (χ4n) is 1.96. The highest BCUT2D eigenvalue weighted by molar-refractivity contribution is 9.10. The van der Waals surface area contributed by atoms with Crippen LogP contribution in [0.25, 0.3) is 0 Å². The van der Waals surface area contributed by atoms with E-state index in [1.54, 1.807) is 18.2 Å². The van der Waals surface area contributed by atoms with E-state index < -0.39 is 10.8 Å². The third kappa shape index (κ3) is 5.13.